The topological polar surface area (TPSA) is 75.6 Å². The van der Waals surface area contributed by atoms with Crippen LogP contribution in [0.3, 0.4) is 0 Å². The number of carbonyl (C=O) groups excluding carboxylic acids is 1. The summed E-state index contributed by atoms with van der Waals surface area (Å²) < 4.78 is 5.10. The molecule has 5 nitrogen and oxygen atoms in total. The molecule has 0 unspecified atom stereocenters. The lowest BCUT2D eigenvalue weighted by molar-refractivity contribution is -0.130. The maximum Gasteiger partial charge on any atom is 0.347 e. The molecule has 0 aliphatic heterocycles. The molecule has 102 valence electrons. The Morgan fingerprint density at radius 3 is 2.42 bits per heavy atom. The molecule has 0 radical (unpaired) electrons. The quantitative estimate of drug-likeness (QED) is 0.643. The van der Waals surface area contributed by atoms with E-state index in [-0.39, 0.29) is 5.54 Å². The molecule has 1 rings (SSSR count). The lowest BCUT2D eigenvalue weighted by atomic mass is 10.0. The minimum absolute atomic E-state index is 0.284. The molecule has 0 spiro atoms. The van der Waals surface area contributed by atoms with Gasteiger partial charge in [-0.3, -0.25) is 0 Å². The predicted octanol–water partition coefficient (Wildman–Crippen LogP) is 2.21. The normalized spacial score (nSPS) is 10.5. The van der Waals surface area contributed by atoms with Gasteiger partial charge < -0.3 is 15.2 Å². The summed E-state index contributed by atoms with van der Waals surface area (Å²) in [5.74, 6) is 0.735. The smallest absolute Gasteiger partial charge is 0.347 e. The number of benzene rings is 1. The van der Waals surface area contributed by atoms with Crippen LogP contribution in [0.25, 0.3) is 5.57 Å². The third-order valence-corrected chi connectivity index (χ3v) is 2.32. The van der Waals surface area contributed by atoms with E-state index < -0.39 is 11.5 Å². The molecule has 0 bridgehead atoms. The maximum atomic E-state index is 11.0. The highest BCUT2D eigenvalue weighted by Gasteiger charge is 2.19. The van der Waals surface area contributed by atoms with Gasteiger partial charge in [0.2, 0.25) is 0 Å². The van der Waals surface area contributed by atoms with E-state index in [9.17, 15) is 9.59 Å². The fraction of sp³-hybridized carbons (Fsp3) is 0.357. The van der Waals surface area contributed by atoms with Crippen molar-refractivity contribution >= 4 is 23.2 Å². The SMILES string of the molecule is COc1ccc(C(=C=O)C(=O)O)c(NC(C)(C)C)c1. The fourth-order valence-corrected chi connectivity index (χ4v) is 1.59. The van der Waals surface area contributed by atoms with Crippen molar-refractivity contribution in [3.63, 3.8) is 0 Å². The zero-order valence-electron chi connectivity index (χ0n) is 11.4. The Kier molecular flexibility index (Phi) is 4.35. The van der Waals surface area contributed by atoms with E-state index in [0.29, 0.717) is 17.0 Å². The van der Waals surface area contributed by atoms with Crippen LogP contribution < -0.4 is 10.1 Å². The second kappa shape index (κ2) is 5.59. The Hall–Kier alpha value is -2.26. The summed E-state index contributed by atoms with van der Waals surface area (Å²) in [6.45, 7) is 5.80. The first-order chi connectivity index (χ1) is 8.78. The molecule has 2 N–H and O–H groups in total. The molecule has 0 fully saturated rings. The summed E-state index contributed by atoms with van der Waals surface area (Å²) in [6, 6.07) is 4.78. The van der Waals surface area contributed by atoms with Gasteiger partial charge in [0.05, 0.1) is 7.11 Å². The molecule has 0 aromatic heterocycles. The predicted molar refractivity (Wildman–Crippen MR) is 73.1 cm³/mol. The standard InChI is InChI=1S/C14H17NO4/c1-14(2,3)15-12-7-9(19-4)5-6-10(12)11(8-16)13(17)18/h5-7,15H,1-4H3,(H,17,18). The van der Waals surface area contributed by atoms with E-state index >= 15 is 0 Å². The number of nitrogens with one attached hydrogen (secondary N) is 1. The fourth-order valence-electron chi connectivity index (χ4n) is 1.59. The van der Waals surface area contributed by atoms with Crippen LogP contribution in [-0.4, -0.2) is 29.7 Å². The molecule has 0 aliphatic rings. The molecule has 0 amide bonds. The highest BCUT2D eigenvalue weighted by Crippen LogP contribution is 2.29. The molecular weight excluding hydrogens is 246 g/mol. The van der Waals surface area contributed by atoms with Crippen LogP contribution in [0.2, 0.25) is 0 Å². The summed E-state index contributed by atoms with van der Waals surface area (Å²) in [7, 11) is 1.52. The third kappa shape index (κ3) is 3.86. The van der Waals surface area contributed by atoms with Gasteiger partial charge in [0, 0.05) is 22.9 Å². The van der Waals surface area contributed by atoms with Crippen molar-refractivity contribution in [1.82, 2.24) is 0 Å². The summed E-state index contributed by atoms with van der Waals surface area (Å²) in [5.41, 5.74) is 0.119. The number of ether oxygens (including phenoxy) is 1. The Balaban J connectivity index is 3.38. The second-order valence-electron chi connectivity index (χ2n) is 5.07. The van der Waals surface area contributed by atoms with Gasteiger partial charge in [0.25, 0.3) is 0 Å². The average Bonchev–Trinajstić information content (AvgIpc) is 2.29. The van der Waals surface area contributed by atoms with Crippen molar-refractivity contribution in [2.24, 2.45) is 0 Å². The lowest BCUT2D eigenvalue weighted by Gasteiger charge is -2.24. The van der Waals surface area contributed by atoms with E-state index in [0.717, 1.165) is 0 Å². The number of anilines is 1. The number of carbonyl (C=O) groups is 1. The van der Waals surface area contributed by atoms with Gasteiger partial charge in [0.1, 0.15) is 11.7 Å². The molecule has 0 heterocycles. The van der Waals surface area contributed by atoms with Gasteiger partial charge in [-0.1, -0.05) is 0 Å². The molecule has 0 atom stereocenters. The first kappa shape index (κ1) is 14.8. The molecule has 0 aliphatic carbocycles. The van der Waals surface area contributed by atoms with Crippen molar-refractivity contribution in [1.29, 1.82) is 0 Å². The number of hydrogen-bond donors (Lipinski definition) is 2. The number of rotatable bonds is 4. The van der Waals surface area contributed by atoms with Gasteiger partial charge in [-0.2, -0.15) is 0 Å². The average molecular weight is 263 g/mol. The summed E-state index contributed by atoms with van der Waals surface area (Å²) in [6.07, 6.45) is 0. The molecule has 0 saturated heterocycles. The van der Waals surface area contributed by atoms with Crippen LogP contribution in [0.1, 0.15) is 26.3 Å². The second-order valence-corrected chi connectivity index (χ2v) is 5.07. The minimum atomic E-state index is -1.31. The van der Waals surface area contributed by atoms with E-state index in [1.165, 1.54) is 19.1 Å². The summed E-state index contributed by atoms with van der Waals surface area (Å²) in [4.78, 5) is 21.9. The van der Waals surface area contributed by atoms with Crippen LogP contribution >= 0.6 is 0 Å². The largest absolute Gasteiger partial charge is 0.497 e. The van der Waals surface area contributed by atoms with Crippen molar-refractivity contribution < 1.29 is 19.4 Å². The van der Waals surface area contributed by atoms with Crippen LogP contribution in [0.15, 0.2) is 18.2 Å². The summed E-state index contributed by atoms with van der Waals surface area (Å²) >= 11 is 0. The van der Waals surface area contributed by atoms with E-state index in [2.05, 4.69) is 5.32 Å². The first-order valence-electron chi connectivity index (χ1n) is 5.73. The minimum Gasteiger partial charge on any atom is -0.497 e. The van der Waals surface area contributed by atoms with Gasteiger partial charge in [-0.05, 0) is 32.9 Å². The molecule has 0 saturated carbocycles. The van der Waals surface area contributed by atoms with Gasteiger partial charge in [0.15, 0.2) is 5.57 Å². The van der Waals surface area contributed by atoms with Gasteiger partial charge >= 0.3 is 5.97 Å². The number of carboxylic acids is 1. The third-order valence-electron chi connectivity index (χ3n) is 2.32. The maximum absolute atomic E-state index is 11.0. The number of carboxylic acid groups (broad SMARTS) is 1. The molecule has 5 heteroatoms. The monoisotopic (exact) mass is 263 g/mol. The lowest BCUT2D eigenvalue weighted by Crippen LogP contribution is -2.27. The van der Waals surface area contributed by atoms with Crippen LogP contribution in [0, 0.1) is 0 Å². The Bertz CT molecular complexity index is 537. The van der Waals surface area contributed by atoms with E-state index in [1.807, 2.05) is 20.8 Å². The van der Waals surface area contributed by atoms with E-state index in [1.54, 1.807) is 12.1 Å². The van der Waals surface area contributed by atoms with Crippen molar-refractivity contribution in [2.45, 2.75) is 26.3 Å². The highest BCUT2D eigenvalue weighted by molar-refractivity contribution is 6.25. The van der Waals surface area contributed by atoms with Gasteiger partial charge in [-0.25, -0.2) is 9.59 Å². The molecule has 19 heavy (non-hydrogen) atoms. The van der Waals surface area contributed by atoms with Crippen molar-refractivity contribution in [3.05, 3.63) is 23.8 Å². The zero-order valence-corrected chi connectivity index (χ0v) is 11.4. The highest BCUT2D eigenvalue weighted by atomic mass is 16.5. The van der Waals surface area contributed by atoms with Crippen LogP contribution in [-0.2, 0) is 9.59 Å². The van der Waals surface area contributed by atoms with Crippen LogP contribution in [0.5, 0.6) is 5.75 Å². The number of methoxy groups -OCH3 is 1. The number of hydrogen-bond acceptors (Lipinski definition) is 4. The Morgan fingerprint density at radius 2 is 2.00 bits per heavy atom. The van der Waals surface area contributed by atoms with Gasteiger partial charge in [-0.15, -0.1) is 0 Å². The Labute approximate surface area is 111 Å². The zero-order chi connectivity index (χ0) is 14.6. The van der Waals surface area contributed by atoms with Crippen molar-refractivity contribution in [2.75, 3.05) is 12.4 Å². The summed E-state index contributed by atoms with van der Waals surface area (Å²) in [5, 5.41) is 12.2. The first-order valence-corrected chi connectivity index (χ1v) is 5.73. The molecule has 1 aromatic carbocycles. The molecular formula is C14H17NO4. The Morgan fingerprint density at radius 1 is 1.37 bits per heavy atom. The van der Waals surface area contributed by atoms with Crippen LogP contribution in [0.4, 0.5) is 5.69 Å². The molecule has 1 aromatic rings. The van der Waals surface area contributed by atoms with E-state index in [4.69, 9.17) is 9.84 Å². The van der Waals surface area contributed by atoms with Crippen molar-refractivity contribution in [3.8, 4) is 5.75 Å². The number of aliphatic carboxylic acids is 1.